The lowest BCUT2D eigenvalue weighted by molar-refractivity contribution is 0.667. The fraction of sp³-hybridized carbons (Fsp3) is 0.429. The minimum atomic E-state index is 0.916. The predicted molar refractivity (Wildman–Crippen MR) is 69.2 cm³/mol. The predicted octanol–water partition coefficient (Wildman–Crippen LogP) is 4.71. The molecule has 0 saturated heterocycles. The highest BCUT2D eigenvalue weighted by molar-refractivity contribution is 6.31. The van der Waals surface area contributed by atoms with E-state index in [0.717, 1.165) is 11.4 Å². The van der Waals surface area contributed by atoms with Crippen LogP contribution in [0.5, 0.6) is 0 Å². The number of hydrogen-bond donors (Lipinski definition) is 0. The maximum absolute atomic E-state index is 6.04. The zero-order valence-electron chi connectivity index (χ0n) is 9.38. The van der Waals surface area contributed by atoms with Crippen LogP contribution in [0.15, 0.2) is 24.3 Å². The Bertz CT molecular complexity index is 276. The van der Waals surface area contributed by atoms with Crippen LogP contribution < -0.4 is 0 Å². The van der Waals surface area contributed by atoms with Gasteiger partial charge in [-0.2, -0.15) is 0 Å². The van der Waals surface area contributed by atoms with E-state index in [1.165, 1.54) is 31.2 Å². The topological polar surface area (TPSA) is 0 Å². The zero-order chi connectivity index (χ0) is 11.5. The molecule has 1 rings (SSSR count). The van der Waals surface area contributed by atoms with Crippen LogP contribution in [-0.4, -0.2) is 0 Å². The highest BCUT2D eigenvalue weighted by Gasteiger charge is 1.97. The van der Waals surface area contributed by atoms with Crippen LogP contribution in [0.3, 0.4) is 0 Å². The second kappa shape index (κ2) is 9.62. The molecule has 0 aromatic heterocycles. The van der Waals surface area contributed by atoms with Gasteiger partial charge in [-0.3, -0.25) is 0 Å². The standard InChI is InChI=1S/C12H17Cl.C2H2/c1-2-3-4-5-8-11-9-6-7-10-12(11)13;1-2/h6-7,9-10H,2-5,8H2,1H3;1-2H. The first-order valence-electron chi connectivity index (χ1n) is 5.41. The van der Waals surface area contributed by atoms with E-state index >= 15 is 0 Å². The van der Waals surface area contributed by atoms with Gasteiger partial charge >= 0.3 is 0 Å². The van der Waals surface area contributed by atoms with E-state index in [4.69, 9.17) is 11.6 Å². The van der Waals surface area contributed by atoms with Gasteiger partial charge in [0, 0.05) is 5.02 Å². The van der Waals surface area contributed by atoms with Gasteiger partial charge in [0.2, 0.25) is 0 Å². The summed E-state index contributed by atoms with van der Waals surface area (Å²) in [5.41, 5.74) is 1.29. The average molecular weight is 223 g/mol. The van der Waals surface area contributed by atoms with Crippen LogP contribution in [-0.2, 0) is 6.42 Å². The van der Waals surface area contributed by atoms with Crippen molar-refractivity contribution in [1.29, 1.82) is 0 Å². The molecule has 0 aliphatic rings. The largest absolute Gasteiger partial charge is 0.124 e. The molecule has 0 spiro atoms. The first kappa shape index (κ1) is 14.1. The van der Waals surface area contributed by atoms with Crippen LogP contribution >= 0.6 is 11.6 Å². The van der Waals surface area contributed by atoms with Crippen molar-refractivity contribution in [2.45, 2.75) is 39.0 Å². The zero-order valence-corrected chi connectivity index (χ0v) is 10.1. The number of terminal acetylenes is 1. The molecule has 0 bridgehead atoms. The van der Waals surface area contributed by atoms with E-state index in [1.54, 1.807) is 0 Å². The van der Waals surface area contributed by atoms with Crippen molar-refractivity contribution in [2.24, 2.45) is 0 Å². The van der Waals surface area contributed by atoms with Crippen LogP contribution in [0.25, 0.3) is 0 Å². The SMILES string of the molecule is C#C.CCCCCCc1ccccc1Cl. The molecule has 0 heterocycles. The molecule has 0 radical (unpaired) electrons. The molecule has 15 heavy (non-hydrogen) atoms. The van der Waals surface area contributed by atoms with Gasteiger partial charge in [0.15, 0.2) is 0 Å². The summed E-state index contributed by atoms with van der Waals surface area (Å²) in [6.45, 7) is 2.23. The summed E-state index contributed by atoms with van der Waals surface area (Å²) in [5, 5.41) is 0.916. The molecule has 0 unspecified atom stereocenters. The van der Waals surface area contributed by atoms with Crippen molar-refractivity contribution >= 4 is 11.6 Å². The second-order valence-electron chi connectivity index (χ2n) is 3.40. The van der Waals surface area contributed by atoms with Crippen molar-refractivity contribution in [2.75, 3.05) is 0 Å². The van der Waals surface area contributed by atoms with Crippen LogP contribution in [0.2, 0.25) is 5.02 Å². The summed E-state index contributed by atoms with van der Waals surface area (Å²) in [6.07, 6.45) is 14.3. The molecular formula is C14H19Cl. The van der Waals surface area contributed by atoms with Crippen molar-refractivity contribution in [3.63, 3.8) is 0 Å². The fourth-order valence-corrected chi connectivity index (χ4v) is 1.67. The van der Waals surface area contributed by atoms with Gasteiger partial charge < -0.3 is 0 Å². The van der Waals surface area contributed by atoms with E-state index in [-0.39, 0.29) is 0 Å². The minimum Gasteiger partial charge on any atom is -0.124 e. The van der Waals surface area contributed by atoms with Crippen LogP contribution in [0, 0.1) is 12.8 Å². The van der Waals surface area contributed by atoms with E-state index in [1.807, 2.05) is 12.1 Å². The normalized spacial score (nSPS) is 9.07. The quantitative estimate of drug-likeness (QED) is 0.500. The molecule has 0 saturated carbocycles. The Balaban J connectivity index is 0.000000921. The number of unbranched alkanes of at least 4 members (excludes halogenated alkanes) is 3. The number of aryl methyl sites for hydroxylation is 1. The molecular weight excluding hydrogens is 204 g/mol. The summed E-state index contributed by atoms with van der Waals surface area (Å²) in [6, 6.07) is 8.13. The van der Waals surface area contributed by atoms with Crippen LogP contribution in [0.1, 0.15) is 38.2 Å². The maximum Gasteiger partial charge on any atom is 0.0437 e. The Hall–Kier alpha value is -0.930. The average Bonchev–Trinajstić information content (AvgIpc) is 2.29. The van der Waals surface area contributed by atoms with Gasteiger partial charge in [-0.1, -0.05) is 56.0 Å². The van der Waals surface area contributed by atoms with Crippen molar-refractivity contribution in [1.82, 2.24) is 0 Å². The van der Waals surface area contributed by atoms with Crippen molar-refractivity contribution < 1.29 is 0 Å². The molecule has 1 aromatic rings. The first-order chi connectivity index (χ1) is 7.34. The van der Waals surface area contributed by atoms with Gasteiger partial charge in [0.05, 0.1) is 0 Å². The third-order valence-corrected chi connectivity index (χ3v) is 2.63. The van der Waals surface area contributed by atoms with Gasteiger partial charge in [0.1, 0.15) is 0 Å². The highest BCUT2D eigenvalue weighted by atomic mass is 35.5. The lowest BCUT2D eigenvalue weighted by Crippen LogP contribution is -1.86. The molecule has 0 nitrogen and oxygen atoms in total. The number of halogens is 1. The Morgan fingerprint density at radius 2 is 1.73 bits per heavy atom. The Morgan fingerprint density at radius 3 is 2.33 bits per heavy atom. The summed E-state index contributed by atoms with van der Waals surface area (Å²) in [7, 11) is 0. The fourth-order valence-electron chi connectivity index (χ4n) is 1.44. The van der Waals surface area contributed by atoms with Gasteiger partial charge in [0.25, 0.3) is 0 Å². The number of rotatable bonds is 5. The number of hydrogen-bond acceptors (Lipinski definition) is 0. The lowest BCUT2D eigenvalue weighted by Gasteiger charge is -2.02. The molecule has 82 valence electrons. The Labute approximate surface area is 98.7 Å². The third kappa shape index (κ3) is 6.20. The maximum atomic E-state index is 6.04. The molecule has 0 aliphatic carbocycles. The van der Waals surface area contributed by atoms with Crippen molar-refractivity contribution in [3.8, 4) is 12.8 Å². The summed E-state index contributed by atoms with van der Waals surface area (Å²) < 4.78 is 0. The van der Waals surface area contributed by atoms with E-state index in [2.05, 4.69) is 31.9 Å². The second-order valence-corrected chi connectivity index (χ2v) is 3.81. The van der Waals surface area contributed by atoms with Crippen LogP contribution in [0.4, 0.5) is 0 Å². The number of benzene rings is 1. The van der Waals surface area contributed by atoms with Gasteiger partial charge in [-0.25, -0.2) is 0 Å². The van der Waals surface area contributed by atoms with Gasteiger partial charge in [-0.05, 0) is 24.5 Å². The molecule has 0 atom stereocenters. The Morgan fingerprint density at radius 1 is 1.07 bits per heavy atom. The molecule has 0 fully saturated rings. The monoisotopic (exact) mass is 222 g/mol. The molecule has 1 heteroatoms. The summed E-state index contributed by atoms with van der Waals surface area (Å²) in [5.74, 6) is 0. The third-order valence-electron chi connectivity index (χ3n) is 2.26. The van der Waals surface area contributed by atoms with E-state index in [0.29, 0.717) is 0 Å². The molecule has 0 aliphatic heterocycles. The van der Waals surface area contributed by atoms with E-state index in [9.17, 15) is 0 Å². The molecule has 1 aromatic carbocycles. The summed E-state index contributed by atoms with van der Waals surface area (Å²) >= 11 is 6.04. The first-order valence-corrected chi connectivity index (χ1v) is 5.79. The lowest BCUT2D eigenvalue weighted by atomic mass is 10.1. The molecule has 0 N–H and O–H groups in total. The molecule has 0 amide bonds. The van der Waals surface area contributed by atoms with Crippen molar-refractivity contribution in [3.05, 3.63) is 34.9 Å². The minimum absolute atomic E-state index is 0.916. The Kier molecular flexibility index (Phi) is 9.02. The smallest absolute Gasteiger partial charge is 0.0437 e. The summed E-state index contributed by atoms with van der Waals surface area (Å²) in [4.78, 5) is 0. The highest BCUT2D eigenvalue weighted by Crippen LogP contribution is 2.17. The van der Waals surface area contributed by atoms with Gasteiger partial charge in [-0.15, -0.1) is 12.8 Å². The van der Waals surface area contributed by atoms with E-state index < -0.39 is 0 Å².